The molecule has 0 aromatic heterocycles. The van der Waals surface area contributed by atoms with Gasteiger partial charge in [-0.1, -0.05) is 50.1 Å². The van der Waals surface area contributed by atoms with Crippen molar-refractivity contribution in [3.8, 4) is 0 Å². The van der Waals surface area contributed by atoms with Gasteiger partial charge in [-0.2, -0.15) is 0 Å². The minimum absolute atomic E-state index is 0.110. The zero-order valence-corrected chi connectivity index (χ0v) is 13.7. The van der Waals surface area contributed by atoms with E-state index in [0.29, 0.717) is 6.04 Å². The fourth-order valence-corrected chi connectivity index (χ4v) is 3.79. The van der Waals surface area contributed by atoms with Crippen LogP contribution in [0.3, 0.4) is 0 Å². The van der Waals surface area contributed by atoms with Crippen molar-refractivity contribution in [2.24, 2.45) is 5.92 Å². The first kappa shape index (κ1) is 16.5. The lowest BCUT2D eigenvalue weighted by atomic mass is 9.83. The molecule has 21 heavy (non-hydrogen) atoms. The number of aliphatic hydroxyl groups is 1. The van der Waals surface area contributed by atoms with Crippen LogP contribution in [0.4, 0.5) is 0 Å². The van der Waals surface area contributed by atoms with E-state index in [1.54, 1.807) is 0 Å². The van der Waals surface area contributed by atoms with Gasteiger partial charge in [-0.25, -0.2) is 0 Å². The van der Waals surface area contributed by atoms with Crippen molar-refractivity contribution < 1.29 is 5.11 Å². The van der Waals surface area contributed by atoms with Gasteiger partial charge in [0.15, 0.2) is 0 Å². The molecule has 0 saturated heterocycles. The van der Waals surface area contributed by atoms with Crippen LogP contribution in [0.1, 0.15) is 38.2 Å². The number of aliphatic hydroxyl groups excluding tert-OH is 1. The minimum Gasteiger partial charge on any atom is -0.394 e. The number of nitrogens with zero attached hydrogens (tertiary/aromatic N) is 1. The van der Waals surface area contributed by atoms with Crippen LogP contribution in [0.5, 0.6) is 0 Å². The van der Waals surface area contributed by atoms with Gasteiger partial charge in [-0.05, 0) is 38.4 Å². The molecule has 3 atom stereocenters. The van der Waals surface area contributed by atoms with Gasteiger partial charge in [0.05, 0.1) is 12.1 Å². The first-order valence-electron chi connectivity index (χ1n) is 8.18. The van der Waals surface area contributed by atoms with E-state index in [9.17, 15) is 5.11 Å². The summed E-state index contributed by atoms with van der Waals surface area (Å²) in [5.74, 6) is 0.743. The van der Waals surface area contributed by atoms with E-state index in [0.717, 1.165) is 18.0 Å². The maximum Gasteiger partial charge on any atom is 0.0795 e. The molecule has 0 radical (unpaired) electrons. The van der Waals surface area contributed by atoms with Gasteiger partial charge >= 0.3 is 0 Å². The first-order chi connectivity index (χ1) is 10.1. The smallest absolute Gasteiger partial charge is 0.0795 e. The average molecular weight is 290 g/mol. The Labute approximate surface area is 129 Å². The second-order valence-electron chi connectivity index (χ2n) is 6.60. The number of hydrogen-bond acceptors (Lipinski definition) is 3. The van der Waals surface area contributed by atoms with Gasteiger partial charge in [0.2, 0.25) is 0 Å². The Morgan fingerprint density at radius 3 is 2.48 bits per heavy atom. The van der Waals surface area contributed by atoms with Crippen molar-refractivity contribution in [2.45, 2.75) is 44.2 Å². The number of likely N-dealkylation sites (N-methyl/N-ethyl adjacent to an activating group) is 2. The normalized spacial score (nSPS) is 25.8. The highest BCUT2D eigenvalue weighted by Crippen LogP contribution is 2.30. The predicted octanol–water partition coefficient (Wildman–Crippen LogP) is 2.60. The Hall–Kier alpha value is -0.900. The lowest BCUT2D eigenvalue weighted by Gasteiger charge is -2.42. The van der Waals surface area contributed by atoms with E-state index < -0.39 is 0 Å². The molecule has 3 nitrogen and oxygen atoms in total. The Morgan fingerprint density at radius 2 is 1.90 bits per heavy atom. The molecule has 3 heteroatoms. The summed E-state index contributed by atoms with van der Waals surface area (Å²) in [5, 5.41) is 13.4. The van der Waals surface area contributed by atoms with Crippen molar-refractivity contribution in [2.75, 3.05) is 27.2 Å². The molecule has 0 heterocycles. The van der Waals surface area contributed by atoms with Crippen molar-refractivity contribution in [3.05, 3.63) is 35.9 Å². The van der Waals surface area contributed by atoms with Gasteiger partial charge in [0, 0.05) is 12.6 Å². The van der Waals surface area contributed by atoms with Crippen LogP contribution in [0.25, 0.3) is 0 Å². The number of nitrogens with one attached hydrogen (secondary N) is 1. The van der Waals surface area contributed by atoms with Crippen LogP contribution >= 0.6 is 0 Å². The SMILES string of the molecule is CNC(CO)(CN(C)C1CCCCC1C)c1ccccc1. The summed E-state index contributed by atoms with van der Waals surface area (Å²) in [4.78, 5) is 2.45. The maximum absolute atomic E-state index is 10.1. The van der Waals surface area contributed by atoms with Crippen LogP contribution in [0, 0.1) is 5.92 Å². The van der Waals surface area contributed by atoms with Crippen LogP contribution in [-0.4, -0.2) is 43.3 Å². The van der Waals surface area contributed by atoms with Gasteiger partial charge in [0.25, 0.3) is 0 Å². The first-order valence-corrected chi connectivity index (χ1v) is 8.18. The summed E-state index contributed by atoms with van der Waals surface area (Å²) in [7, 11) is 4.15. The van der Waals surface area contributed by atoms with Gasteiger partial charge in [-0.3, -0.25) is 0 Å². The second-order valence-corrected chi connectivity index (χ2v) is 6.60. The quantitative estimate of drug-likeness (QED) is 0.845. The molecule has 118 valence electrons. The average Bonchev–Trinajstić information content (AvgIpc) is 2.54. The number of hydrogen-bond donors (Lipinski definition) is 2. The van der Waals surface area contributed by atoms with E-state index >= 15 is 0 Å². The van der Waals surface area contributed by atoms with Gasteiger partial charge < -0.3 is 15.3 Å². The van der Waals surface area contributed by atoms with Crippen LogP contribution in [-0.2, 0) is 5.54 Å². The summed E-state index contributed by atoms with van der Waals surface area (Å²) >= 11 is 0. The zero-order valence-electron chi connectivity index (χ0n) is 13.7. The molecule has 2 N–H and O–H groups in total. The standard InChI is InChI=1S/C18H30N2O/c1-15-9-7-8-12-17(15)20(3)13-18(14-21,19-2)16-10-5-4-6-11-16/h4-6,10-11,15,17,19,21H,7-9,12-14H2,1-3H3. The van der Waals surface area contributed by atoms with Crippen molar-refractivity contribution in [1.29, 1.82) is 0 Å². The van der Waals surface area contributed by atoms with Crippen molar-refractivity contribution in [1.82, 2.24) is 10.2 Å². The molecule has 0 spiro atoms. The van der Waals surface area contributed by atoms with E-state index in [1.807, 2.05) is 25.2 Å². The molecule has 1 aliphatic carbocycles. The molecule has 0 bridgehead atoms. The summed E-state index contributed by atoms with van der Waals surface area (Å²) in [5.41, 5.74) is 0.776. The molecule has 1 aliphatic rings. The van der Waals surface area contributed by atoms with Gasteiger partial charge in [-0.15, -0.1) is 0 Å². The summed E-state index contributed by atoms with van der Waals surface area (Å²) in [6.07, 6.45) is 5.29. The van der Waals surface area contributed by atoms with E-state index in [1.165, 1.54) is 25.7 Å². The van der Waals surface area contributed by atoms with Crippen LogP contribution in [0.15, 0.2) is 30.3 Å². The zero-order chi connectivity index (χ0) is 15.3. The molecule has 1 saturated carbocycles. The Bertz CT molecular complexity index is 416. The van der Waals surface area contributed by atoms with E-state index in [-0.39, 0.29) is 12.1 Å². The van der Waals surface area contributed by atoms with Crippen LogP contribution < -0.4 is 5.32 Å². The molecular formula is C18H30N2O. The van der Waals surface area contributed by atoms with Crippen molar-refractivity contribution >= 4 is 0 Å². The maximum atomic E-state index is 10.1. The topological polar surface area (TPSA) is 35.5 Å². The fourth-order valence-electron chi connectivity index (χ4n) is 3.79. The largest absolute Gasteiger partial charge is 0.394 e. The molecule has 0 amide bonds. The summed E-state index contributed by atoms with van der Waals surface area (Å²) < 4.78 is 0. The third kappa shape index (κ3) is 3.65. The lowest BCUT2D eigenvalue weighted by Crippen LogP contribution is -2.54. The number of rotatable bonds is 6. The lowest BCUT2D eigenvalue weighted by molar-refractivity contribution is 0.0718. The highest BCUT2D eigenvalue weighted by molar-refractivity contribution is 5.25. The molecule has 3 unspecified atom stereocenters. The summed E-state index contributed by atoms with van der Waals surface area (Å²) in [6.45, 7) is 3.31. The molecular weight excluding hydrogens is 260 g/mol. The Balaban J connectivity index is 2.15. The fraction of sp³-hybridized carbons (Fsp3) is 0.667. The van der Waals surface area contributed by atoms with E-state index in [4.69, 9.17) is 0 Å². The van der Waals surface area contributed by atoms with Crippen molar-refractivity contribution in [3.63, 3.8) is 0 Å². The Morgan fingerprint density at radius 1 is 1.24 bits per heavy atom. The highest BCUT2D eigenvalue weighted by Gasteiger charge is 2.34. The van der Waals surface area contributed by atoms with E-state index in [2.05, 4.69) is 36.3 Å². The predicted molar refractivity (Wildman–Crippen MR) is 88.3 cm³/mol. The number of benzene rings is 1. The molecule has 1 fully saturated rings. The highest BCUT2D eigenvalue weighted by atomic mass is 16.3. The monoisotopic (exact) mass is 290 g/mol. The molecule has 0 aliphatic heterocycles. The third-order valence-corrected chi connectivity index (χ3v) is 5.23. The van der Waals surface area contributed by atoms with Gasteiger partial charge in [0.1, 0.15) is 0 Å². The summed E-state index contributed by atoms with van der Waals surface area (Å²) in [6, 6.07) is 10.9. The molecule has 1 aromatic carbocycles. The van der Waals surface area contributed by atoms with Crippen LogP contribution in [0.2, 0.25) is 0 Å². The molecule has 2 rings (SSSR count). The third-order valence-electron chi connectivity index (χ3n) is 5.23. The molecule has 1 aromatic rings. The Kier molecular flexibility index (Phi) is 5.80. The minimum atomic E-state index is -0.382. The second kappa shape index (κ2) is 7.39.